The molecule has 0 aliphatic rings. The van der Waals surface area contributed by atoms with Crippen molar-refractivity contribution in [2.45, 2.75) is 77.6 Å². The fourth-order valence-electron chi connectivity index (χ4n) is 10.7. The van der Waals surface area contributed by atoms with Crippen molar-refractivity contribution in [2.24, 2.45) is 0 Å². The van der Waals surface area contributed by atoms with Gasteiger partial charge in [-0.3, -0.25) is 0 Å². The lowest BCUT2D eigenvalue weighted by molar-refractivity contribution is -0.0328. The number of unbranched alkanes of at least 4 members (excludes halogenated alkanes) is 10. The van der Waals surface area contributed by atoms with E-state index in [1.807, 2.05) is 0 Å². The van der Waals surface area contributed by atoms with Crippen molar-refractivity contribution in [3.8, 4) is 0 Å². The Morgan fingerprint density at radius 2 is 0.141 bits per heavy atom. The normalized spacial score (nSPS) is 11.9. The zero-order valence-electron chi connectivity index (χ0n) is 83.8. The topological polar surface area (TPSA) is 378 Å². The zero-order chi connectivity index (χ0) is 96.0. The molecule has 0 rings (SSSR count). The second-order valence-electron chi connectivity index (χ2n) is 29.0. The highest BCUT2D eigenvalue weighted by molar-refractivity contribution is 4.51. The molecule has 0 saturated carbocycles. The van der Waals surface area contributed by atoms with Crippen molar-refractivity contribution in [3.05, 3.63) is 0 Å². The van der Waals surface area contributed by atoms with Crippen LogP contribution in [-0.4, -0.2) is 542 Å². The maximum atomic E-state index is 5.68. The molecule has 41 nitrogen and oxygen atoms in total. The number of ether oxygens (including phenoxy) is 41. The van der Waals surface area contributed by atoms with E-state index in [-0.39, 0.29) is 0 Å². The van der Waals surface area contributed by atoms with Crippen molar-refractivity contribution in [3.63, 3.8) is 0 Å². The maximum absolute atomic E-state index is 5.68. The van der Waals surface area contributed by atoms with Crippen LogP contribution < -0.4 is 0 Å². The van der Waals surface area contributed by atoms with Gasteiger partial charge in [-0.1, -0.05) is 71.1 Å². The van der Waals surface area contributed by atoms with E-state index in [2.05, 4.69) is 6.92 Å². The highest BCUT2D eigenvalue weighted by Gasteiger charge is 2.06. The van der Waals surface area contributed by atoms with E-state index < -0.39 is 0 Å². The predicted octanol–water partition coefficient (Wildman–Crippen LogP) is 5.61. The van der Waals surface area contributed by atoms with Crippen LogP contribution in [0.1, 0.15) is 77.6 Å². The standard InChI is InChI=1S/C94H190O41/c1-3-4-5-6-7-8-9-10-11-12-13-14-96-17-18-98-21-22-100-25-26-102-29-30-104-33-34-106-37-38-108-41-42-110-45-46-112-49-50-114-53-54-116-57-58-118-61-62-120-65-66-122-69-70-124-73-74-126-77-78-128-81-82-130-85-86-132-89-90-134-93-94-135-92-91-133-88-87-131-84-83-129-80-79-127-76-75-125-72-71-123-68-67-121-64-63-119-60-59-117-56-55-115-52-51-113-48-47-111-44-43-109-40-39-107-36-35-105-32-31-103-28-27-101-24-23-99-20-19-97-16-15-95-2/h3-94H2,1-2H3. The minimum atomic E-state index is 0.475. The lowest BCUT2D eigenvalue weighted by atomic mass is 10.1. The quantitative estimate of drug-likeness (QED) is 0.0668. The van der Waals surface area contributed by atoms with Crippen molar-refractivity contribution in [2.75, 3.05) is 542 Å². The molecule has 0 amide bonds. The molecule has 0 N–H and O–H groups in total. The predicted molar refractivity (Wildman–Crippen MR) is 501 cm³/mol. The van der Waals surface area contributed by atoms with Gasteiger partial charge in [0.25, 0.3) is 0 Å². The maximum Gasteiger partial charge on any atom is 0.0701 e. The van der Waals surface area contributed by atoms with Gasteiger partial charge in [0.05, 0.1) is 529 Å². The number of hydrogen-bond acceptors (Lipinski definition) is 41. The summed E-state index contributed by atoms with van der Waals surface area (Å²) in [6, 6.07) is 0. The lowest BCUT2D eigenvalue weighted by Crippen LogP contribution is -2.16. The molecule has 0 atom stereocenters. The largest absolute Gasteiger partial charge is 0.382 e. The van der Waals surface area contributed by atoms with Crippen LogP contribution in [0, 0.1) is 0 Å². The summed E-state index contributed by atoms with van der Waals surface area (Å²) >= 11 is 0. The first-order valence-electron chi connectivity index (χ1n) is 50.0. The lowest BCUT2D eigenvalue weighted by Gasteiger charge is -2.09. The molecule has 0 aliphatic carbocycles. The Bertz CT molecular complexity index is 1720. The summed E-state index contributed by atoms with van der Waals surface area (Å²) in [5, 5.41) is 0. The average Bonchev–Trinajstić information content (AvgIpc) is 1.14. The summed E-state index contributed by atoms with van der Waals surface area (Å²) in [5.41, 5.74) is 0. The van der Waals surface area contributed by atoms with Crippen LogP contribution in [-0.2, 0) is 194 Å². The molecule has 0 aromatic heterocycles. The molecule has 0 aromatic carbocycles. The number of methoxy groups -OCH3 is 1. The van der Waals surface area contributed by atoms with Gasteiger partial charge in [0.2, 0.25) is 0 Å². The molecule has 0 unspecified atom stereocenters. The first-order valence-corrected chi connectivity index (χ1v) is 50.0. The minimum Gasteiger partial charge on any atom is -0.382 e. The summed E-state index contributed by atoms with van der Waals surface area (Å²) in [6.07, 6.45) is 14.8. The van der Waals surface area contributed by atoms with Gasteiger partial charge < -0.3 is 194 Å². The van der Waals surface area contributed by atoms with E-state index in [9.17, 15) is 0 Å². The monoisotopic (exact) mass is 1980 g/mol. The van der Waals surface area contributed by atoms with Crippen LogP contribution in [0.25, 0.3) is 0 Å². The van der Waals surface area contributed by atoms with E-state index >= 15 is 0 Å². The molecule has 0 bridgehead atoms. The number of hydrogen-bond donors (Lipinski definition) is 0. The second-order valence-corrected chi connectivity index (χ2v) is 29.0. The smallest absolute Gasteiger partial charge is 0.0701 e. The molecule has 0 aromatic rings. The highest BCUT2D eigenvalue weighted by Crippen LogP contribution is 2.12. The molecule has 812 valence electrons. The fraction of sp³-hybridized carbons (Fsp3) is 1.00. The van der Waals surface area contributed by atoms with Crippen LogP contribution in [0.5, 0.6) is 0 Å². The van der Waals surface area contributed by atoms with E-state index in [1.165, 1.54) is 64.2 Å². The summed E-state index contributed by atoms with van der Waals surface area (Å²) < 4.78 is 226. The highest BCUT2D eigenvalue weighted by atomic mass is 16.6. The molecule has 135 heavy (non-hydrogen) atoms. The van der Waals surface area contributed by atoms with Crippen LogP contribution >= 0.6 is 0 Å². The summed E-state index contributed by atoms with van der Waals surface area (Å²) in [7, 11) is 1.64. The van der Waals surface area contributed by atoms with Gasteiger partial charge in [-0.05, 0) is 6.42 Å². The van der Waals surface area contributed by atoms with E-state index in [4.69, 9.17) is 194 Å². The van der Waals surface area contributed by atoms with Crippen molar-refractivity contribution >= 4 is 0 Å². The summed E-state index contributed by atoms with van der Waals surface area (Å²) in [5.74, 6) is 0. The van der Waals surface area contributed by atoms with Crippen LogP contribution in [0.3, 0.4) is 0 Å². The van der Waals surface area contributed by atoms with Gasteiger partial charge in [-0.2, -0.15) is 0 Å². The van der Waals surface area contributed by atoms with Gasteiger partial charge in [0.1, 0.15) is 0 Å². The van der Waals surface area contributed by atoms with Crippen LogP contribution in [0.15, 0.2) is 0 Å². The molecule has 0 spiro atoms. The molecular weight excluding hydrogens is 1780 g/mol. The molecular formula is C94H190O41. The SMILES string of the molecule is CCCCCCCCCCCCCOCCOCCOCCOCCOCCOCCOCCOCCOCCOCCOCCOCCOCCOCCOCCOCCOCCOCCOCCOCCOCCOCCOCCOCCOCCOCCOCCOCCOCCOCCOCCOCCOCCOCCOCCOCCOCCOCCOCCOCCOC. The Morgan fingerprint density at radius 1 is 0.0741 bits per heavy atom. The molecule has 0 saturated heterocycles. The van der Waals surface area contributed by atoms with Gasteiger partial charge in [0.15, 0.2) is 0 Å². The van der Waals surface area contributed by atoms with Gasteiger partial charge in [0, 0.05) is 13.7 Å². The third-order valence-electron chi connectivity index (χ3n) is 17.8. The first-order chi connectivity index (χ1) is 67.4. The van der Waals surface area contributed by atoms with Gasteiger partial charge in [-0.25, -0.2) is 0 Å². The van der Waals surface area contributed by atoms with Crippen molar-refractivity contribution < 1.29 is 194 Å². The Kier molecular flexibility index (Phi) is 131. The van der Waals surface area contributed by atoms with Crippen molar-refractivity contribution in [1.82, 2.24) is 0 Å². The first kappa shape index (κ1) is 133. The van der Waals surface area contributed by atoms with Crippen LogP contribution in [0.2, 0.25) is 0 Å². The fourth-order valence-corrected chi connectivity index (χ4v) is 10.7. The summed E-state index contributed by atoms with van der Waals surface area (Å²) in [4.78, 5) is 0. The molecule has 0 fully saturated rings. The molecule has 0 heterocycles. The molecule has 0 aliphatic heterocycles. The Labute approximate surface area is 810 Å². The van der Waals surface area contributed by atoms with E-state index in [0.717, 1.165) is 13.0 Å². The van der Waals surface area contributed by atoms with E-state index in [1.54, 1.807) is 7.11 Å². The Hall–Kier alpha value is -1.64. The van der Waals surface area contributed by atoms with Gasteiger partial charge >= 0.3 is 0 Å². The third kappa shape index (κ3) is 132. The number of rotatable bonds is 132. The zero-order valence-corrected chi connectivity index (χ0v) is 83.8. The third-order valence-corrected chi connectivity index (χ3v) is 17.8. The molecule has 0 radical (unpaired) electrons. The molecule has 41 heteroatoms. The minimum absolute atomic E-state index is 0.475. The van der Waals surface area contributed by atoms with Gasteiger partial charge in [-0.15, -0.1) is 0 Å². The Morgan fingerprint density at radius 3 is 0.222 bits per heavy atom. The summed E-state index contributed by atoms with van der Waals surface area (Å²) in [6.45, 7) is 42.6. The van der Waals surface area contributed by atoms with E-state index in [0.29, 0.717) is 529 Å². The average molecular weight is 1980 g/mol. The van der Waals surface area contributed by atoms with Crippen LogP contribution in [0.4, 0.5) is 0 Å². The Balaban J connectivity index is 3.10. The second kappa shape index (κ2) is 132. The van der Waals surface area contributed by atoms with Crippen molar-refractivity contribution in [1.29, 1.82) is 0 Å².